The number of hydrogen-bond acceptors (Lipinski definition) is 12. The Morgan fingerprint density at radius 1 is 1.14 bits per heavy atom. The lowest BCUT2D eigenvalue weighted by Gasteiger charge is -2.12. The molecule has 0 unspecified atom stereocenters. The summed E-state index contributed by atoms with van der Waals surface area (Å²) in [6, 6.07) is 15.3. The summed E-state index contributed by atoms with van der Waals surface area (Å²) in [6.07, 6.45) is 0. The molecule has 12 nitrogen and oxygen atoms in total. The molecular weight excluding hydrogens is 528 g/mol. The van der Waals surface area contributed by atoms with Crippen LogP contribution in [0.2, 0.25) is 0 Å². The number of hydrogen-bond donors (Lipinski definition) is 3. The Labute approximate surface area is 211 Å². The Morgan fingerprint density at radius 2 is 1.94 bits per heavy atom. The van der Waals surface area contributed by atoms with Crippen molar-refractivity contribution in [2.45, 2.75) is 16.7 Å². The number of benzene rings is 3. The standard InChI is InChI=1S/C21H16N6O6S3/c1-11-18(24-25-21-23-15-10-13(35-33-32-28)7-9-17(15)34-21)20(22)27(26-11)16-8-6-12-4-2-3-5-14(12)19(16)36(29,30)31/h2-10,28H,22H2,1H3,(H,29,30,31). The maximum Gasteiger partial charge on any atom is 0.297 e. The Bertz CT molecular complexity index is 1750. The van der Waals surface area contributed by atoms with Crippen LogP contribution in [0.4, 0.5) is 16.6 Å². The van der Waals surface area contributed by atoms with Crippen LogP contribution in [0.5, 0.6) is 0 Å². The van der Waals surface area contributed by atoms with Crippen molar-refractivity contribution >= 4 is 71.1 Å². The predicted octanol–water partition coefficient (Wildman–Crippen LogP) is 5.62. The van der Waals surface area contributed by atoms with Gasteiger partial charge in [-0.05, 0) is 36.6 Å². The number of fused-ring (bicyclic) bond motifs is 2. The molecule has 0 aliphatic rings. The summed E-state index contributed by atoms with van der Waals surface area (Å²) in [5, 5.41) is 26.0. The monoisotopic (exact) mass is 544 g/mol. The van der Waals surface area contributed by atoms with Gasteiger partial charge < -0.3 is 5.73 Å². The minimum atomic E-state index is -4.62. The minimum Gasteiger partial charge on any atom is -0.382 e. The largest absolute Gasteiger partial charge is 0.382 e. The fourth-order valence-electron chi connectivity index (χ4n) is 3.65. The minimum absolute atomic E-state index is 0.0392. The molecule has 4 N–H and O–H groups in total. The van der Waals surface area contributed by atoms with Crippen LogP contribution in [0.15, 0.2) is 74.6 Å². The van der Waals surface area contributed by atoms with Gasteiger partial charge in [0.25, 0.3) is 10.1 Å². The van der Waals surface area contributed by atoms with E-state index in [0.717, 1.165) is 16.7 Å². The second kappa shape index (κ2) is 9.55. The van der Waals surface area contributed by atoms with Crippen molar-refractivity contribution in [3.63, 3.8) is 0 Å². The molecule has 0 aliphatic carbocycles. The van der Waals surface area contributed by atoms with Gasteiger partial charge in [0.1, 0.15) is 4.90 Å². The molecule has 0 spiro atoms. The second-order valence-corrected chi connectivity index (χ2v) is 10.5. The Morgan fingerprint density at radius 3 is 2.72 bits per heavy atom. The highest BCUT2D eigenvalue weighted by molar-refractivity contribution is 7.94. The molecule has 15 heteroatoms. The van der Waals surface area contributed by atoms with Crippen molar-refractivity contribution in [2.75, 3.05) is 5.73 Å². The fraction of sp³-hybridized carbons (Fsp3) is 0.0476. The van der Waals surface area contributed by atoms with Crippen LogP contribution in [0.1, 0.15) is 5.69 Å². The molecule has 5 aromatic rings. The first kappa shape index (κ1) is 24.3. The van der Waals surface area contributed by atoms with E-state index < -0.39 is 10.1 Å². The van der Waals surface area contributed by atoms with Crippen LogP contribution in [0.3, 0.4) is 0 Å². The van der Waals surface area contributed by atoms with E-state index in [1.807, 2.05) is 6.07 Å². The van der Waals surface area contributed by atoms with E-state index in [9.17, 15) is 13.0 Å². The van der Waals surface area contributed by atoms with Gasteiger partial charge in [-0.3, -0.25) is 4.55 Å². The van der Waals surface area contributed by atoms with Crippen LogP contribution in [-0.2, 0) is 19.5 Å². The summed E-state index contributed by atoms with van der Waals surface area (Å²) in [5.41, 5.74) is 7.64. The third-order valence-electron chi connectivity index (χ3n) is 5.15. The van der Waals surface area contributed by atoms with Crippen molar-refractivity contribution in [1.29, 1.82) is 0 Å². The average Bonchev–Trinajstić information content (AvgIpc) is 3.39. The number of nitrogens with zero attached hydrogens (tertiary/aromatic N) is 5. The van der Waals surface area contributed by atoms with E-state index >= 15 is 0 Å². The maximum absolute atomic E-state index is 12.3. The SMILES string of the molecule is Cc1nn(-c2ccc3ccccc3c2S(=O)(=O)O)c(N)c1N=Nc1nc2cc(SOOO)ccc2s1. The first-order chi connectivity index (χ1) is 17.3. The molecule has 2 aromatic heterocycles. The number of thiazole rings is 1. The summed E-state index contributed by atoms with van der Waals surface area (Å²) in [5.74, 6) is 0.0392. The molecule has 5 rings (SSSR count). The highest BCUT2D eigenvalue weighted by Gasteiger charge is 2.24. The highest BCUT2D eigenvalue weighted by Crippen LogP contribution is 2.37. The Hall–Kier alpha value is -3.44. The number of nitrogens with two attached hydrogens (primary N) is 1. The summed E-state index contributed by atoms with van der Waals surface area (Å²) in [6.45, 7) is 1.65. The molecular formula is C21H16N6O6S3. The van der Waals surface area contributed by atoms with Gasteiger partial charge in [0.2, 0.25) is 5.13 Å². The molecule has 0 bridgehead atoms. The van der Waals surface area contributed by atoms with E-state index in [-0.39, 0.29) is 22.1 Å². The number of azo groups is 1. The number of aryl methyl sites for hydroxylation is 1. The maximum atomic E-state index is 12.3. The number of aromatic nitrogens is 3. The molecule has 0 radical (unpaired) electrons. The third kappa shape index (κ3) is 4.56. The number of rotatable bonds is 7. The lowest BCUT2D eigenvalue weighted by molar-refractivity contribution is -0.432. The van der Waals surface area contributed by atoms with Crippen molar-refractivity contribution in [1.82, 2.24) is 14.8 Å². The highest BCUT2D eigenvalue weighted by atomic mass is 32.2. The smallest absolute Gasteiger partial charge is 0.297 e. The second-order valence-electron chi connectivity index (χ2n) is 7.39. The number of anilines is 1. The van der Waals surface area contributed by atoms with E-state index in [4.69, 9.17) is 11.0 Å². The third-order valence-corrected chi connectivity index (χ3v) is 7.59. The van der Waals surface area contributed by atoms with Crippen LogP contribution in [0, 0.1) is 6.92 Å². The van der Waals surface area contributed by atoms with Gasteiger partial charge in [0.05, 0.1) is 33.6 Å². The van der Waals surface area contributed by atoms with E-state index in [0.29, 0.717) is 32.0 Å². The molecule has 0 amide bonds. The molecule has 0 saturated heterocycles. The van der Waals surface area contributed by atoms with Crippen molar-refractivity contribution in [3.05, 3.63) is 60.3 Å². The molecule has 0 saturated carbocycles. The van der Waals surface area contributed by atoms with Crippen LogP contribution in [-0.4, -0.2) is 33.0 Å². The average molecular weight is 545 g/mol. The molecule has 36 heavy (non-hydrogen) atoms. The molecule has 2 heterocycles. The fourth-order valence-corrected chi connectivity index (χ4v) is 5.69. The lowest BCUT2D eigenvalue weighted by Crippen LogP contribution is -2.10. The van der Waals surface area contributed by atoms with Gasteiger partial charge in [-0.25, -0.2) is 14.9 Å². The molecule has 184 valence electrons. The first-order valence-corrected chi connectivity index (χ1v) is 13.1. The quantitative estimate of drug-likeness (QED) is 0.0767. The van der Waals surface area contributed by atoms with Crippen LogP contribution >= 0.6 is 23.4 Å². The summed E-state index contributed by atoms with van der Waals surface area (Å²) in [4.78, 5) is 4.75. The van der Waals surface area contributed by atoms with Gasteiger partial charge in [-0.2, -0.15) is 13.5 Å². The van der Waals surface area contributed by atoms with Gasteiger partial charge in [0, 0.05) is 10.3 Å². The Balaban J connectivity index is 1.54. The van der Waals surface area contributed by atoms with Crippen molar-refractivity contribution in [2.24, 2.45) is 10.2 Å². The van der Waals surface area contributed by atoms with Crippen LogP contribution < -0.4 is 5.73 Å². The normalized spacial score (nSPS) is 12.3. The zero-order chi connectivity index (χ0) is 25.4. The Kier molecular flexibility index (Phi) is 6.44. The van der Waals surface area contributed by atoms with Crippen molar-refractivity contribution in [3.8, 4) is 5.69 Å². The van der Waals surface area contributed by atoms with E-state index in [1.165, 1.54) is 22.1 Å². The zero-order valence-electron chi connectivity index (χ0n) is 18.3. The topological polar surface area (TPSA) is 175 Å². The zero-order valence-corrected chi connectivity index (χ0v) is 20.7. The van der Waals surface area contributed by atoms with Gasteiger partial charge in [0.15, 0.2) is 11.5 Å². The summed E-state index contributed by atoms with van der Waals surface area (Å²) < 4.78 is 41.1. The first-order valence-electron chi connectivity index (χ1n) is 10.1. The predicted molar refractivity (Wildman–Crippen MR) is 134 cm³/mol. The van der Waals surface area contributed by atoms with Gasteiger partial charge >= 0.3 is 0 Å². The summed E-state index contributed by atoms with van der Waals surface area (Å²) in [7, 11) is -4.62. The van der Waals surface area contributed by atoms with E-state index in [1.54, 1.807) is 49.4 Å². The van der Waals surface area contributed by atoms with Crippen molar-refractivity contribution < 1.29 is 27.6 Å². The van der Waals surface area contributed by atoms with Gasteiger partial charge in [-0.15, -0.1) is 14.6 Å². The molecule has 0 atom stereocenters. The van der Waals surface area contributed by atoms with Gasteiger partial charge in [-0.1, -0.05) is 46.7 Å². The lowest BCUT2D eigenvalue weighted by atomic mass is 10.1. The molecule has 0 aliphatic heterocycles. The van der Waals surface area contributed by atoms with E-state index in [2.05, 4.69) is 29.7 Å². The van der Waals surface area contributed by atoms with Crippen LogP contribution in [0.25, 0.3) is 26.7 Å². The number of nitrogen functional groups attached to an aromatic ring is 1. The summed E-state index contributed by atoms with van der Waals surface area (Å²) >= 11 is 2.10. The molecule has 3 aromatic carbocycles. The molecule has 0 fully saturated rings.